The summed E-state index contributed by atoms with van der Waals surface area (Å²) in [5.74, 6) is -4.68. The number of hydrogen-bond acceptors (Lipinski definition) is 7. The van der Waals surface area contributed by atoms with Gasteiger partial charge in [-0.3, -0.25) is 9.78 Å². The lowest BCUT2D eigenvalue weighted by Crippen LogP contribution is -2.60. The van der Waals surface area contributed by atoms with E-state index in [0.717, 1.165) is 26.2 Å². The molecule has 7 nitrogen and oxygen atoms in total. The number of anilines is 1. The number of aryl methyl sites for hydroxylation is 2. The van der Waals surface area contributed by atoms with Gasteiger partial charge < -0.3 is 15.7 Å². The Balaban J connectivity index is 1.75. The first-order valence-electron chi connectivity index (χ1n) is 9.47. The maximum absolute atomic E-state index is 14.2. The van der Waals surface area contributed by atoms with Crippen LogP contribution in [0.2, 0.25) is 0 Å². The molecule has 1 amide bonds. The summed E-state index contributed by atoms with van der Waals surface area (Å²) in [5.41, 5.74) is 4.14. The standard InChI is InChI=1S/C20H21F2N5O2S/c1-11-12(2)30-17-14(11)16(25-15(26-17)13-4-3-7-24-10-13)27-8-5-19(29,6-9-27)20(21,22)18(23)28/h3-4,7,10,29H,5-6,8-9H2,1-2H3,(H2,23,28). The minimum atomic E-state index is -3.99. The molecule has 4 rings (SSSR count). The maximum Gasteiger partial charge on any atom is 0.352 e. The average molecular weight is 433 g/mol. The van der Waals surface area contributed by atoms with Crippen LogP contribution in [0.4, 0.5) is 14.6 Å². The Labute approximate surface area is 175 Å². The van der Waals surface area contributed by atoms with Crippen molar-refractivity contribution in [1.82, 2.24) is 15.0 Å². The number of nitrogens with two attached hydrogens (primary N) is 1. The molecule has 0 aromatic carbocycles. The van der Waals surface area contributed by atoms with Gasteiger partial charge in [-0.05, 0) is 31.5 Å². The second kappa shape index (κ2) is 7.21. The maximum atomic E-state index is 14.2. The van der Waals surface area contributed by atoms with Crippen LogP contribution in [0, 0.1) is 13.8 Å². The summed E-state index contributed by atoms with van der Waals surface area (Å²) < 4.78 is 28.4. The van der Waals surface area contributed by atoms with Gasteiger partial charge in [0.2, 0.25) is 0 Å². The molecule has 10 heteroatoms. The molecule has 0 spiro atoms. The van der Waals surface area contributed by atoms with Crippen molar-refractivity contribution in [3.05, 3.63) is 35.0 Å². The Morgan fingerprint density at radius 1 is 1.30 bits per heavy atom. The Kier molecular flexibility index (Phi) is 4.94. The van der Waals surface area contributed by atoms with Crippen molar-refractivity contribution in [2.24, 2.45) is 5.73 Å². The van der Waals surface area contributed by atoms with E-state index in [1.165, 1.54) is 0 Å². The van der Waals surface area contributed by atoms with Crippen LogP contribution in [0.1, 0.15) is 23.3 Å². The summed E-state index contributed by atoms with van der Waals surface area (Å²) in [6, 6.07) is 3.65. The van der Waals surface area contributed by atoms with Crippen molar-refractivity contribution in [2.45, 2.75) is 38.2 Å². The van der Waals surface area contributed by atoms with Crippen LogP contribution in [0.25, 0.3) is 21.6 Å². The van der Waals surface area contributed by atoms with Gasteiger partial charge in [0.25, 0.3) is 5.91 Å². The minimum absolute atomic E-state index is 0.103. The van der Waals surface area contributed by atoms with Gasteiger partial charge in [-0.2, -0.15) is 8.78 Å². The second-order valence-corrected chi connectivity index (χ2v) is 8.74. The fourth-order valence-corrected chi connectivity index (χ4v) is 4.74. The zero-order valence-corrected chi connectivity index (χ0v) is 17.3. The summed E-state index contributed by atoms with van der Waals surface area (Å²) in [7, 11) is 0. The van der Waals surface area contributed by atoms with Gasteiger partial charge in [0.15, 0.2) is 5.82 Å². The molecule has 1 aliphatic heterocycles. The number of aliphatic hydroxyl groups is 1. The van der Waals surface area contributed by atoms with E-state index in [1.54, 1.807) is 29.8 Å². The highest BCUT2D eigenvalue weighted by atomic mass is 32.1. The minimum Gasteiger partial charge on any atom is -0.383 e. The lowest BCUT2D eigenvalue weighted by Gasteiger charge is -2.41. The first kappa shape index (κ1) is 20.5. The number of amides is 1. The normalized spacial score (nSPS) is 16.8. The fourth-order valence-electron chi connectivity index (χ4n) is 3.71. The van der Waals surface area contributed by atoms with E-state index in [4.69, 9.17) is 10.7 Å². The van der Waals surface area contributed by atoms with Gasteiger partial charge in [0.05, 0.1) is 5.39 Å². The monoisotopic (exact) mass is 433 g/mol. The molecular formula is C20H21F2N5O2S. The van der Waals surface area contributed by atoms with Crippen molar-refractivity contribution >= 4 is 33.3 Å². The predicted molar refractivity (Wildman–Crippen MR) is 111 cm³/mol. The van der Waals surface area contributed by atoms with E-state index in [2.05, 4.69) is 9.97 Å². The van der Waals surface area contributed by atoms with Crippen LogP contribution < -0.4 is 10.6 Å². The average Bonchev–Trinajstić information content (AvgIpc) is 3.02. The number of piperidine rings is 1. The molecule has 0 atom stereocenters. The highest BCUT2D eigenvalue weighted by Crippen LogP contribution is 2.41. The molecule has 0 unspecified atom stereocenters. The third-order valence-corrected chi connectivity index (χ3v) is 6.81. The Bertz CT molecular complexity index is 1110. The second-order valence-electron chi connectivity index (χ2n) is 7.53. The summed E-state index contributed by atoms with van der Waals surface area (Å²) >= 11 is 1.54. The highest BCUT2D eigenvalue weighted by molar-refractivity contribution is 7.18. The summed E-state index contributed by atoms with van der Waals surface area (Å²) in [6.07, 6.45) is 2.71. The van der Waals surface area contributed by atoms with Crippen molar-refractivity contribution in [1.29, 1.82) is 0 Å². The fraction of sp³-hybridized carbons (Fsp3) is 0.400. The molecule has 1 saturated heterocycles. The number of rotatable bonds is 4. The third-order valence-electron chi connectivity index (χ3n) is 5.71. The molecule has 0 saturated carbocycles. The molecule has 0 aliphatic carbocycles. The Hall–Kier alpha value is -2.72. The van der Waals surface area contributed by atoms with Crippen molar-refractivity contribution < 1.29 is 18.7 Å². The topological polar surface area (TPSA) is 105 Å². The van der Waals surface area contributed by atoms with Gasteiger partial charge in [-0.1, -0.05) is 0 Å². The van der Waals surface area contributed by atoms with Crippen LogP contribution in [0.5, 0.6) is 0 Å². The van der Waals surface area contributed by atoms with Gasteiger partial charge in [0.1, 0.15) is 16.2 Å². The van der Waals surface area contributed by atoms with E-state index < -0.39 is 17.4 Å². The number of hydrogen-bond donors (Lipinski definition) is 2. The number of aromatic nitrogens is 3. The van der Waals surface area contributed by atoms with E-state index in [-0.39, 0.29) is 25.9 Å². The lowest BCUT2D eigenvalue weighted by molar-refractivity contribution is -0.195. The highest BCUT2D eigenvalue weighted by Gasteiger charge is 2.58. The number of thiophene rings is 1. The van der Waals surface area contributed by atoms with Gasteiger partial charge in [-0.15, -0.1) is 11.3 Å². The molecule has 4 heterocycles. The van der Waals surface area contributed by atoms with Gasteiger partial charge >= 0.3 is 5.92 Å². The molecule has 3 aromatic heterocycles. The molecule has 3 N–H and O–H groups in total. The van der Waals surface area contributed by atoms with E-state index in [0.29, 0.717) is 11.6 Å². The summed E-state index contributed by atoms with van der Waals surface area (Å²) in [4.78, 5) is 28.5. The van der Waals surface area contributed by atoms with E-state index in [1.807, 2.05) is 24.8 Å². The molecule has 0 bridgehead atoms. The number of carbonyl (C=O) groups excluding carboxylic acids is 1. The number of nitrogens with zero attached hydrogens (tertiary/aromatic N) is 4. The number of pyridine rings is 1. The number of alkyl halides is 2. The molecule has 1 aliphatic rings. The molecular weight excluding hydrogens is 412 g/mol. The van der Waals surface area contributed by atoms with Crippen molar-refractivity contribution in [2.75, 3.05) is 18.0 Å². The molecule has 158 valence electrons. The predicted octanol–water partition coefficient (Wildman–Crippen LogP) is 2.82. The van der Waals surface area contributed by atoms with Crippen LogP contribution in [0.15, 0.2) is 24.5 Å². The van der Waals surface area contributed by atoms with Crippen LogP contribution in [0.3, 0.4) is 0 Å². The van der Waals surface area contributed by atoms with Crippen molar-refractivity contribution in [3.8, 4) is 11.4 Å². The summed E-state index contributed by atoms with van der Waals surface area (Å²) in [5, 5.41) is 11.3. The number of carbonyl (C=O) groups is 1. The zero-order chi connectivity index (χ0) is 21.7. The van der Waals surface area contributed by atoms with Crippen LogP contribution >= 0.6 is 11.3 Å². The van der Waals surface area contributed by atoms with Crippen molar-refractivity contribution in [3.63, 3.8) is 0 Å². The van der Waals surface area contributed by atoms with Crippen LogP contribution in [-0.4, -0.2) is 50.6 Å². The Morgan fingerprint density at radius 2 is 2.00 bits per heavy atom. The smallest absolute Gasteiger partial charge is 0.352 e. The largest absolute Gasteiger partial charge is 0.383 e. The summed E-state index contributed by atoms with van der Waals surface area (Å²) in [6.45, 7) is 4.18. The molecule has 1 fully saturated rings. The van der Waals surface area contributed by atoms with Crippen LogP contribution in [-0.2, 0) is 4.79 Å². The quantitative estimate of drug-likeness (QED) is 0.656. The molecule has 0 radical (unpaired) electrons. The lowest BCUT2D eigenvalue weighted by atomic mass is 9.84. The number of halogens is 2. The number of fused-ring (bicyclic) bond motifs is 1. The first-order valence-corrected chi connectivity index (χ1v) is 10.3. The van der Waals surface area contributed by atoms with E-state index in [9.17, 15) is 18.7 Å². The van der Waals surface area contributed by atoms with E-state index >= 15 is 0 Å². The zero-order valence-electron chi connectivity index (χ0n) is 16.5. The third kappa shape index (κ3) is 3.20. The SMILES string of the molecule is Cc1sc2nc(-c3cccnc3)nc(N3CCC(O)(C(F)(F)C(N)=O)CC3)c2c1C. The molecule has 30 heavy (non-hydrogen) atoms. The van der Waals surface area contributed by atoms with Gasteiger partial charge in [-0.25, -0.2) is 9.97 Å². The first-order chi connectivity index (χ1) is 14.1. The Morgan fingerprint density at radius 3 is 2.60 bits per heavy atom. The molecule has 3 aromatic rings. The number of primary amides is 1. The van der Waals surface area contributed by atoms with Gasteiger partial charge in [0, 0.05) is 48.8 Å².